The van der Waals surface area contributed by atoms with Crippen LogP contribution in [-0.2, 0) is 0 Å². The van der Waals surface area contributed by atoms with Gasteiger partial charge in [-0.15, -0.1) is 0 Å². The number of H-pyrrole nitrogens is 1. The Morgan fingerprint density at radius 3 is 2.77 bits per heavy atom. The van der Waals surface area contributed by atoms with Crippen LogP contribution in [0.15, 0.2) is 30.6 Å². The summed E-state index contributed by atoms with van der Waals surface area (Å²) < 4.78 is 7.41. The van der Waals surface area contributed by atoms with Gasteiger partial charge < -0.3 is 14.3 Å². The highest BCUT2D eigenvalue weighted by Crippen LogP contribution is 2.30. The Morgan fingerprint density at radius 2 is 2.08 bits per heavy atom. The van der Waals surface area contributed by atoms with Gasteiger partial charge in [-0.1, -0.05) is 6.42 Å². The van der Waals surface area contributed by atoms with Crippen LogP contribution in [0.4, 0.5) is 0 Å². The van der Waals surface area contributed by atoms with E-state index in [-0.39, 0.29) is 5.78 Å². The summed E-state index contributed by atoms with van der Waals surface area (Å²) in [5, 5.41) is 0. The maximum atomic E-state index is 13.3. The largest absolute Gasteiger partial charge is 0.497 e. The van der Waals surface area contributed by atoms with Gasteiger partial charge in [-0.25, -0.2) is 9.97 Å². The minimum atomic E-state index is -0.460. The van der Waals surface area contributed by atoms with Crippen molar-refractivity contribution in [2.75, 3.05) is 20.2 Å². The third-order valence-electron chi connectivity index (χ3n) is 5.02. The Morgan fingerprint density at radius 1 is 1.27 bits per heavy atom. The third-order valence-corrected chi connectivity index (χ3v) is 5.02. The fourth-order valence-electron chi connectivity index (χ4n) is 3.76. The van der Waals surface area contributed by atoms with E-state index in [9.17, 15) is 4.79 Å². The van der Waals surface area contributed by atoms with Crippen molar-refractivity contribution >= 4 is 16.8 Å². The second kappa shape index (κ2) is 6.92. The highest BCUT2D eigenvalue weighted by molar-refractivity contribution is 5.96. The molecule has 1 atom stereocenters. The van der Waals surface area contributed by atoms with Crippen LogP contribution < -0.4 is 4.74 Å². The monoisotopic (exact) mass is 353 g/mol. The number of likely N-dealkylation sites (tertiary alicyclic amines) is 1. The first-order valence-electron chi connectivity index (χ1n) is 8.99. The van der Waals surface area contributed by atoms with E-state index in [0.717, 1.165) is 48.5 Å². The van der Waals surface area contributed by atoms with Crippen LogP contribution >= 0.6 is 0 Å². The smallest absolute Gasteiger partial charge is 0.235 e. The Labute approximate surface area is 152 Å². The van der Waals surface area contributed by atoms with Crippen molar-refractivity contribution in [2.24, 2.45) is 0 Å². The van der Waals surface area contributed by atoms with Crippen LogP contribution in [0.3, 0.4) is 0 Å². The van der Waals surface area contributed by atoms with Crippen molar-refractivity contribution < 1.29 is 9.53 Å². The molecular weight excluding hydrogens is 330 g/mol. The summed E-state index contributed by atoms with van der Waals surface area (Å²) in [6, 6.07) is 5.77. The number of piperidine rings is 1. The zero-order valence-electron chi connectivity index (χ0n) is 15.1. The molecule has 0 aliphatic carbocycles. The number of methoxy groups -OCH3 is 1. The molecule has 2 aromatic heterocycles. The van der Waals surface area contributed by atoms with Crippen LogP contribution in [-0.4, -0.2) is 50.4 Å². The number of aromatic amines is 1. The van der Waals surface area contributed by atoms with Crippen LogP contribution in [0.25, 0.3) is 11.0 Å². The number of nitrogens with zero attached hydrogens (tertiary/aromatic N) is 4. The zero-order valence-corrected chi connectivity index (χ0v) is 15.1. The number of carbonyl (C=O) groups is 1. The van der Waals surface area contributed by atoms with Crippen molar-refractivity contribution in [1.29, 1.82) is 0 Å². The van der Waals surface area contributed by atoms with Gasteiger partial charge >= 0.3 is 0 Å². The molecule has 1 aliphatic heterocycles. The summed E-state index contributed by atoms with van der Waals surface area (Å²) in [6.45, 7) is 3.72. The highest BCUT2D eigenvalue weighted by Gasteiger charge is 2.33. The van der Waals surface area contributed by atoms with E-state index in [1.165, 1.54) is 6.42 Å². The number of ketones is 1. The van der Waals surface area contributed by atoms with Gasteiger partial charge in [0.15, 0.2) is 12.0 Å². The van der Waals surface area contributed by atoms with Gasteiger partial charge in [-0.05, 0) is 31.9 Å². The summed E-state index contributed by atoms with van der Waals surface area (Å²) in [5.41, 5.74) is 1.76. The van der Waals surface area contributed by atoms with E-state index in [4.69, 9.17) is 4.74 Å². The molecule has 1 aromatic carbocycles. The van der Waals surface area contributed by atoms with Gasteiger partial charge in [0.1, 0.15) is 11.6 Å². The van der Waals surface area contributed by atoms with E-state index in [1.807, 2.05) is 29.7 Å². The number of aromatic nitrogens is 4. The van der Waals surface area contributed by atoms with Crippen molar-refractivity contribution in [1.82, 2.24) is 24.4 Å². The maximum absolute atomic E-state index is 13.3. The second-order valence-electron chi connectivity index (χ2n) is 6.66. The van der Waals surface area contributed by atoms with E-state index in [2.05, 4.69) is 19.9 Å². The van der Waals surface area contributed by atoms with Crippen LogP contribution in [0, 0.1) is 6.92 Å². The Kier molecular flexibility index (Phi) is 4.46. The molecule has 3 aromatic rings. The summed E-state index contributed by atoms with van der Waals surface area (Å²) in [5.74, 6) is 1.90. The van der Waals surface area contributed by atoms with E-state index < -0.39 is 6.17 Å². The number of nitrogens with one attached hydrogen (secondary N) is 1. The second-order valence-corrected chi connectivity index (χ2v) is 6.66. The molecule has 1 aliphatic rings. The SMILES string of the molecule is COc1ccc2nc(C)n(C(C(=O)c3ncc[nH]3)N3CCCCC3)c2c1. The lowest BCUT2D eigenvalue weighted by molar-refractivity contribution is 0.0640. The predicted molar refractivity (Wildman–Crippen MR) is 98.4 cm³/mol. The summed E-state index contributed by atoms with van der Waals surface area (Å²) >= 11 is 0. The van der Waals surface area contributed by atoms with Gasteiger partial charge in [-0.3, -0.25) is 9.69 Å². The maximum Gasteiger partial charge on any atom is 0.235 e. The Balaban J connectivity index is 1.86. The average molecular weight is 353 g/mol. The van der Waals surface area contributed by atoms with Gasteiger partial charge in [0.05, 0.1) is 18.1 Å². The lowest BCUT2D eigenvalue weighted by atomic mass is 10.1. The summed E-state index contributed by atoms with van der Waals surface area (Å²) in [6.07, 6.45) is 6.23. The molecule has 136 valence electrons. The topological polar surface area (TPSA) is 76.0 Å². The van der Waals surface area contributed by atoms with E-state index >= 15 is 0 Å². The Bertz CT molecular complexity index is 910. The van der Waals surface area contributed by atoms with Gasteiger partial charge in [0.2, 0.25) is 5.78 Å². The molecule has 1 N–H and O–H groups in total. The predicted octanol–water partition coefficient (Wildman–Crippen LogP) is 2.94. The fourth-order valence-corrected chi connectivity index (χ4v) is 3.76. The fraction of sp³-hybridized carbons (Fsp3) is 0.421. The quantitative estimate of drug-likeness (QED) is 0.714. The molecule has 0 spiro atoms. The van der Waals surface area contributed by atoms with Crippen molar-refractivity contribution in [2.45, 2.75) is 32.4 Å². The van der Waals surface area contributed by atoms with E-state index in [1.54, 1.807) is 19.5 Å². The minimum Gasteiger partial charge on any atom is -0.497 e. The average Bonchev–Trinajstić information content (AvgIpc) is 3.31. The molecule has 3 heterocycles. The van der Waals surface area contributed by atoms with Gasteiger partial charge in [0, 0.05) is 31.5 Å². The first-order valence-corrected chi connectivity index (χ1v) is 8.99. The van der Waals surface area contributed by atoms with Crippen LogP contribution in [0.1, 0.15) is 41.9 Å². The number of fused-ring (bicyclic) bond motifs is 1. The van der Waals surface area contributed by atoms with E-state index in [0.29, 0.717) is 5.82 Å². The molecule has 0 saturated carbocycles. The van der Waals surface area contributed by atoms with Crippen LogP contribution in [0.5, 0.6) is 5.75 Å². The molecule has 7 nitrogen and oxygen atoms in total. The lowest BCUT2D eigenvalue weighted by Crippen LogP contribution is -2.42. The van der Waals surface area contributed by atoms with Crippen molar-refractivity contribution in [3.63, 3.8) is 0 Å². The summed E-state index contributed by atoms with van der Waals surface area (Å²) in [4.78, 5) is 27.4. The number of aryl methyl sites for hydroxylation is 1. The van der Waals surface area contributed by atoms with Gasteiger partial charge in [0.25, 0.3) is 0 Å². The third kappa shape index (κ3) is 2.88. The molecule has 4 rings (SSSR count). The standard InChI is InChI=1S/C19H23N5O2/c1-13-22-15-7-6-14(26-2)12-16(15)24(13)19(23-10-4-3-5-11-23)17(25)18-20-8-9-21-18/h6-9,12,19H,3-5,10-11H2,1-2H3,(H,20,21). The van der Waals surface area contributed by atoms with Gasteiger partial charge in [-0.2, -0.15) is 0 Å². The number of Topliss-reactive ketones (excluding diaryl/α,β-unsaturated/α-hetero) is 1. The van der Waals surface area contributed by atoms with Crippen LogP contribution in [0.2, 0.25) is 0 Å². The molecule has 1 saturated heterocycles. The highest BCUT2D eigenvalue weighted by atomic mass is 16.5. The lowest BCUT2D eigenvalue weighted by Gasteiger charge is -2.34. The number of carbonyl (C=O) groups excluding carboxylic acids is 1. The number of hydrogen-bond acceptors (Lipinski definition) is 5. The van der Waals surface area contributed by atoms with Crippen molar-refractivity contribution in [3.05, 3.63) is 42.2 Å². The molecule has 0 amide bonds. The Hall–Kier alpha value is -2.67. The normalized spacial score (nSPS) is 16.7. The number of benzene rings is 1. The summed E-state index contributed by atoms with van der Waals surface area (Å²) in [7, 11) is 1.64. The minimum absolute atomic E-state index is 0.0397. The zero-order chi connectivity index (χ0) is 18.1. The molecule has 26 heavy (non-hydrogen) atoms. The first kappa shape index (κ1) is 16.8. The molecule has 1 fully saturated rings. The molecule has 7 heteroatoms. The number of imidazole rings is 2. The number of ether oxygens (including phenoxy) is 1. The molecule has 0 bridgehead atoms. The molecule has 0 radical (unpaired) electrons. The molecule has 1 unspecified atom stereocenters. The first-order chi connectivity index (χ1) is 12.7. The molecular formula is C19H23N5O2. The number of rotatable bonds is 5. The number of hydrogen-bond donors (Lipinski definition) is 1. The van der Waals surface area contributed by atoms with Crippen molar-refractivity contribution in [3.8, 4) is 5.75 Å².